The predicted molar refractivity (Wildman–Crippen MR) is 66.5 cm³/mol. The van der Waals surface area contributed by atoms with Crippen LogP contribution in [0.25, 0.3) is 0 Å². The van der Waals surface area contributed by atoms with Crippen LogP contribution < -0.4 is 5.32 Å². The van der Waals surface area contributed by atoms with Crippen LogP contribution in [0.5, 0.6) is 0 Å². The molecule has 2 heterocycles. The molecule has 0 saturated heterocycles. The van der Waals surface area contributed by atoms with E-state index >= 15 is 0 Å². The lowest BCUT2D eigenvalue weighted by Crippen LogP contribution is -2.19. The lowest BCUT2D eigenvalue weighted by Gasteiger charge is -2.14. The summed E-state index contributed by atoms with van der Waals surface area (Å²) in [6.45, 7) is 7.10. The molecule has 1 unspecified atom stereocenters. The van der Waals surface area contributed by atoms with Crippen LogP contribution in [0, 0.1) is 13.8 Å². The number of nitrogens with one attached hydrogen (secondary N) is 2. The van der Waals surface area contributed by atoms with Crippen molar-refractivity contribution in [1.29, 1.82) is 0 Å². The maximum Gasteiger partial charge on any atom is 0.0644 e. The van der Waals surface area contributed by atoms with Gasteiger partial charge in [-0.3, -0.25) is 9.78 Å². The van der Waals surface area contributed by atoms with E-state index in [4.69, 9.17) is 0 Å². The van der Waals surface area contributed by atoms with Gasteiger partial charge in [0.1, 0.15) is 0 Å². The Hall–Kier alpha value is -1.62. The van der Waals surface area contributed by atoms with Gasteiger partial charge in [-0.15, -0.1) is 0 Å². The zero-order valence-electron chi connectivity index (χ0n) is 10.8. The van der Waals surface area contributed by atoms with Gasteiger partial charge in [-0.1, -0.05) is 0 Å². The highest BCUT2D eigenvalue weighted by Crippen LogP contribution is 2.20. The van der Waals surface area contributed by atoms with E-state index in [1.165, 1.54) is 11.3 Å². The van der Waals surface area contributed by atoms with Crippen LogP contribution in [-0.2, 0) is 13.6 Å². The normalized spacial score (nSPS) is 12.9. The van der Waals surface area contributed by atoms with E-state index < -0.39 is 0 Å². The molecule has 0 radical (unpaired) electrons. The molecule has 0 aromatic carbocycles. The average molecular weight is 233 g/mol. The Balaban J connectivity index is 2.07. The smallest absolute Gasteiger partial charge is 0.0644 e. The molecule has 0 amide bonds. The molecule has 0 spiro atoms. The minimum Gasteiger partial charge on any atom is -0.304 e. The monoisotopic (exact) mass is 233 g/mol. The summed E-state index contributed by atoms with van der Waals surface area (Å²) < 4.78 is 1.93. The second-order valence-corrected chi connectivity index (χ2v) is 4.39. The highest BCUT2D eigenvalue weighted by Gasteiger charge is 2.15. The maximum absolute atomic E-state index is 4.43. The van der Waals surface area contributed by atoms with E-state index in [1.807, 2.05) is 17.8 Å². The number of aryl methyl sites for hydroxylation is 2. The van der Waals surface area contributed by atoms with Gasteiger partial charge in [-0.2, -0.15) is 10.2 Å². The van der Waals surface area contributed by atoms with Gasteiger partial charge in [0.05, 0.1) is 5.69 Å². The van der Waals surface area contributed by atoms with E-state index in [0.717, 1.165) is 17.9 Å². The Morgan fingerprint density at radius 3 is 2.76 bits per heavy atom. The number of H-pyrrole nitrogens is 1. The Bertz CT molecular complexity index is 483. The number of hydrogen-bond donors (Lipinski definition) is 2. The molecule has 2 N–H and O–H groups in total. The molecule has 0 saturated carbocycles. The topological polar surface area (TPSA) is 58.5 Å². The average Bonchev–Trinajstić information content (AvgIpc) is 2.86. The van der Waals surface area contributed by atoms with Crippen LogP contribution in [-0.4, -0.2) is 20.0 Å². The van der Waals surface area contributed by atoms with Crippen LogP contribution in [0.2, 0.25) is 0 Å². The Morgan fingerprint density at radius 2 is 2.24 bits per heavy atom. The van der Waals surface area contributed by atoms with Crippen molar-refractivity contribution in [3.05, 3.63) is 34.9 Å². The minimum atomic E-state index is 0.284. The van der Waals surface area contributed by atoms with Crippen molar-refractivity contribution in [3.63, 3.8) is 0 Å². The van der Waals surface area contributed by atoms with Crippen molar-refractivity contribution in [2.45, 2.75) is 33.4 Å². The fourth-order valence-corrected chi connectivity index (χ4v) is 2.16. The Kier molecular flexibility index (Phi) is 3.28. The van der Waals surface area contributed by atoms with Crippen molar-refractivity contribution < 1.29 is 0 Å². The van der Waals surface area contributed by atoms with Crippen LogP contribution in [0.4, 0.5) is 0 Å². The van der Waals surface area contributed by atoms with Crippen molar-refractivity contribution >= 4 is 0 Å². The molecule has 0 fully saturated rings. The first-order chi connectivity index (χ1) is 8.09. The SMILES string of the molecule is Cc1nn(C)c(C)c1C(C)NCc1ccn[nH]1. The minimum absolute atomic E-state index is 0.284. The summed E-state index contributed by atoms with van der Waals surface area (Å²) in [6.07, 6.45) is 1.77. The number of rotatable bonds is 4. The lowest BCUT2D eigenvalue weighted by molar-refractivity contribution is 0.561. The van der Waals surface area contributed by atoms with E-state index in [1.54, 1.807) is 6.20 Å². The van der Waals surface area contributed by atoms with Crippen molar-refractivity contribution in [1.82, 2.24) is 25.3 Å². The van der Waals surface area contributed by atoms with Crippen molar-refractivity contribution in [3.8, 4) is 0 Å². The molecule has 0 aliphatic carbocycles. The summed E-state index contributed by atoms with van der Waals surface area (Å²) in [7, 11) is 1.98. The molecule has 0 bridgehead atoms. The number of nitrogens with zero attached hydrogens (tertiary/aromatic N) is 3. The van der Waals surface area contributed by atoms with Gasteiger partial charge in [0.2, 0.25) is 0 Å². The van der Waals surface area contributed by atoms with Crippen LogP contribution in [0.15, 0.2) is 12.3 Å². The van der Waals surface area contributed by atoms with Gasteiger partial charge in [-0.25, -0.2) is 0 Å². The van der Waals surface area contributed by atoms with Crippen LogP contribution in [0.1, 0.15) is 35.6 Å². The third-order valence-electron chi connectivity index (χ3n) is 3.16. The second-order valence-electron chi connectivity index (χ2n) is 4.39. The van der Waals surface area contributed by atoms with Gasteiger partial charge in [0, 0.05) is 42.8 Å². The summed E-state index contributed by atoms with van der Waals surface area (Å²) in [5.41, 5.74) is 4.68. The van der Waals surface area contributed by atoms with E-state index in [9.17, 15) is 0 Å². The molecular weight excluding hydrogens is 214 g/mol. The maximum atomic E-state index is 4.43. The van der Waals surface area contributed by atoms with Gasteiger partial charge in [0.15, 0.2) is 0 Å². The Labute approximate surface area is 101 Å². The first-order valence-corrected chi connectivity index (χ1v) is 5.81. The van der Waals surface area contributed by atoms with E-state index in [-0.39, 0.29) is 6.04 Å². The molecule has 1 atom stereocenters. The Morgan fingerprint density at radius 1 is 1.47 bits per heavy atom. The first kappa shape index (κ1) is 11.9. The zero-order valence-corrected chi connectivity index (χ0v) is 10.8. The number of aromatic nitrogens is 4. The van der Waals surface area contributed by atoms with Crippen LogP contribution in [0.3, 0.4) is 0 Å². The number of hydrogen-bond acceptors (Lipinski definition) is 3. The van der Waals surface area contributed by atoms with Gasteiger partial charge in [-0.05, 0) is 26.8 Å². The second kappa shape index (κ2) is 4.71. The molecule has 92 valence electrons. The fourth-order valence-electron chi connectivity index (χ4n) is 2.16. The summed E-state index contributed by atoms with van der Waals surface area (Å²) in [4.78, 5) is 0. The quantitative estimate of drug-likeness (QED) is 0.843. The van der Waals surface area contributed by atoms with Gasteiger partial charge >= 0.3 is 0 Å². The summed E-state index contributed by atoms with van der Waals surface area (Å²) in [5, 5.41) is 14.8. The van der Waals surface area contributed by atoms with Crippen LogP contribution >= 0.6 is 0 Å². The van der Waals surface area contributed by atoms with Crippen molar-refractivity contribution in [2.24, 2.45) is 7.05 Å². The molecule has 0 aliphatic heterocycles. The summed E-state index contributed by atoms with van der Waals surface area (Å²) in [5.74, 6) is 0. The largest absolute Gasteiger partial charge is 0.304 e. The molecule has 17 heavy (non-hydrogen) atoms. The molecule has 5 heteroatoms. The van der Waals surface area contributed by atoms with Gasteiger partial charge in [0.25, 0.3) is 0 Å². The van der Waals surface area contributed by atoms with Crippen molar-refractivity contribution in [2.75, 3.05) is 0 Å². The van der Waals surface area contributed by atoms with E-state index in [2.05, 4.69) is 41.4 Å². The lowest BCUT2D eigenvalue weighted by atomic mass is 10.1. The molecule has 2 aromatic heterocycles. The highest BCUT2D eigenvalue weighted by atomic mass is 15.3. The highest BCUT2D eigenvalue weighted by molar-refractivity contribution is 5.27. The standard InChI is InChI=1S/C12H19N5/c1-8(13-7-11-5-6-14-15-11)12-9(2)16-17(4)10(12)3/h5-6,8,13H,7H2,1-4H3,(H,14,15). The van der Waals surface area contributed by atoms with Gasteiger partial charge < -0.3 is 5.32 Å². The summed E-state index contributed by atoms with van der Waals surface area (Å²) >= 11 is 0. The third-order valence-corrected chi connectivity index (χ3v) is 3.16. The molecule has 2 aromatic rings. The molecule has 2 rings (SSSR count). The zero-order chi connectivity index (χ0) is 12.4. The van der Waals surface area contributed by atoms with E-state index in [0.29, 0.717) is 0 Å². The fraction of sp³-hybridized carbons (Fsp3) is 0.500. The third kappa shape index (κ3) is 2.39. The predicted octanol–water partition coefficient (Wildman–Crippen LogP) is 1.61. The molecule has 0 aliphatic rings. The number of aromatic amines is 1. The molecule has 5 nitrogen and oxygen atoms in total. The molecular formula is C12H19N5. The summed E-state index contributed by atoms with van der Waals surface area (Å²) in [6, 6.07) is 2.26. The first-order valence-electron chi connectivity index (χ1n) is 5.81.